The second kappa shape index (κ2) is 12.7. The Bertz CT molecular complexity index is 2510. The number of halogens is 4. The lowest BCUT2D eigenvalue weighted by molar-refractivity contribution is -0.142. The quantitative estimate of drug-likeness (QED) is 0.180. The van der Waals surface area contributed by atoms with E-state index in [-0.39, 0.29) is 50.6 Å². The van der Waals surface area contributed by atoms with E-state index in [1.807, 2.05) is 13.0 Å². The van der Waals surface area contributed by atoms with E-state index in [0.29, 0.717) is 46.8 Å². The minimum Gasteiger partial charge on any atom is -0.508 e. The third kappa shape index (κ3) is 6.25. The minimum absolute atomic E-state index is 0.0195. The number of nitriles is 1. The number of piperidine rings is 1. The maximum atomic E-state index is 14.3. The summed E-state index contributed by atoms with van der Waals surface area (Å²) in [5.74, 6) is 0.343. The molecule has 2 unspecified atom stereocenters. The molecule has 53 heavy (non-hydrogen) atoms. The van der Waals surface area contributed by atoms with Gasteiger partial charge in [0.2, 0.25) is 0 Å². The van der Waals surface area contributed by atoms with Crippen molar-refractivity contribution in [2.75, 3.05) is 18.0 Å². The molecule has 0 radical (unpaired) electrons. The zero-order valence-electron chi connectivity index (χ0n) is 28.0. The van der Waals surface area contributed by atoms with Gasteiger partial charge in [0.1, 0.15) is 30.0 Å². The van der Waals surface area contributed by atoms with Crippen LogP contribution >= 0.6 is 0 Å². The molecule has 3 saturated heterocycles. The van der Waals surface area contributed by atoms with Crippen LogP contribution < -0.4 is 4.90 Å². The van der Waals surface area contributed by atoms with Gasteiger partial charge in [-0.25, -0.2) is 26.7 Å². The summed E-state index contributed by atoms with van der Waals surface area (Å²) in [7, 11) is -4.36. The molecule has 11 nitrogen and oxygen atoms in total. The van der Waals surface area contributed by atoms with Crippen LogP contribution in [0, 0.1) is 24.1 Å². The van der Waals surface area contributed by atoms with E-state index in [2.05, 4.69) is 26.0 Å². The lowest BCUT2D eigenvalue weighted by atomic mass is 9.86. The van der Waals surface area contributed by atoms with E-state index in [4.69, 9.17) is 4.98 Å². The fourth-order valence-corrected chi connectivity index (χ4v) is 8.76. The molecule has 2 bridgehead atoms. The van der Waals surface area contributed by atoms with Gasteiger partial charge in [-0.15, -0.1) is 0 Å². The zero-order chi connectivity index (χ0) is 37.2. The van der Waals surface area contributed by atoms with Gasteiger partial charge >= 0.3 is 6.18 Å². The van der Waals surface area contributed by atoms with Gasteiger partial charge in [0.25, 0.3) is 10.0 Å². The van der Waals surface area contributed by atoms with Crippen LogP contribution in [-0.4, -0.2) is 73.5 Å². The fourth-order valence-electron chi connectivity index (χ4n) is 7.28. The molecule has 9 rings (SSSR count). The average molecular weight is 743 g/mol. The maximum Gasteiger partial charge on any atom is 0.408 e. The summed E-state index contributed by atoms with van der Waals surface area (Å²) in [5, 5.41) is 24.5. The van der Waals surface area contributed by atoms with Gasteiger partial charge in [-0.3, -0.25) is 9.58 Å². The van der Waals surface area contributed by atoms with Crippen LogP contribution in [0.3, 0.4) is 0 Å². The lowest BCUT2D eigenvalue weighted by Gasteiger charge is -2.56. The SMILES string of the molecule is Cc1ccc(S(=O)(=O)n2c(-c3cnn(CC(F)(F)F)c3)cc3c(-c4ccc(N5CC6CC(C5)N6Cc5cc(F)ccc5O)nc4)c(C#N)cnc32)cc1. The molecule has 3 aliphatic heterocycles. The van der Waals surface area contributed by atoms with Crippen molar-refractivity contribution >= 4 is 26.9 Å². The summed E-state index contributed by atoms with van der Waals surface area (Å²) in [6.45, 7) is 2.19. The summed E-state index contributed by atoms with van der Waals surface area (Å²) >= 11 is 0. The first-order valence-corrected chi connectivity index (χ1v) is 18.0. The average Bonchev–Trinajstić information content (AvgIpc) is 3.76. The van der Waals surface area contributed by atoms with Crippen LogP contribution in [0.5, 0.6) is 5.75 Å². The molecular weight excluding hydrogens is 713 g/mol. The summed E-state index contributed by atoms with van der Waals surface area (Å²) in [6.07, 6.45) is 1.56. The van der Waals surface area contributed by atoms with Gasteiger partial charge in [-0.05, 0) is 61.9 Å². The number of aromatic hydroxyl groups is 1. The molecule has 16 heteroatoms. The maximum absolute atomic E-state index is 14.3. The number of alkyl halides is 3. The Morgan fingerprint density at radius 2 is 1.72 bits per heavy atom. The Morgan fingerprint density at radius 3 is 2.40 bits per heavy atom. The second-order valence-electron chi connectivity index (χ2n) is 13.3. The van der Waals surface area contributed by atoms with E-state index in [9.17, 15) is 36.3 Å². The van der Waals surface area contributed by atoms with Crippen molar-refractivity contribution in [2.24, 2.45) is 0 Å². The zero-order valence-corrected chi connectivity index (χ0v) is 28.9. The molecule has 2 aromatic carbocycles. The van der Waals surface area contributed by atoms with E-state index < -0.39 is 28.6 Å². The number of rotatable bonds is 8. The van der Waals surface area contributed by atoms with E-state index in [1.54, 1.807) is 24.4 Å². The number of hydrogen-bond acceptors (Lipinski definition) is 9. The first kappa shape index (κ1) is 34.3. The fraction of sp³-hybridized carbons (Fsp3) is 0.243. The molecule has 3 fully saturated rings. The van der Waals surface area contributed by atoms with E-state index >= 15 is 0 Å². The van der Waals surface area contributed by atoms with Crippen molar-refractivity contribution in [1.29, 1.82) is 5.26 Å². The number of pyridine rings is 2. The molecule has 0 saturated carbocycles. The Hall–Kier alpha value is -5.79. The summed E-state index contributed by atoms with van der Waals surface area (Å²) < 4.78 is 83.7. The standard InChI is InChI=1S/C37H30F4N8O3S/c1-22-2-6-30(7-3-22)53(51,52)49-32(26-16-45-47(17-26)21-37(39,40)41)12-31-35(25(13-42)15-44-36(31)49)23-4-9-34(43-14-23)46-19-28-11-29(20-46)48(28)18-24-10-27(38)5-8-33(24)50/h2-10,12,14-17,28-29,50H,11,18-21H2,1H3. The Morgan fingerprint density at radius 1 is 0.962 bits per heavy atom. The minimum atomic E-state index is -4.56. The number of phenolic OH excluding ortho intramolecular Hbond substituents is 1. The second-order valence-corrected chi connectivity index (χ2v) is 15.1. The van der Waals surface area contributed by atoms with Gasteiger partial charge in [0.15, 0.2) is 5.65 Å². The topological polar surface area (TPSA) is 133 Å². The number of benzene rings is 2. The van der Waals surface area contributed by atoms with E-state index in [0.717, 1.165) is 28.4 Å². The Balaban J connectivity index is 1.16. The third-order valence-corrected chi connectivity index (χ3v) is 11.6. The number of aryl methyl sites for hydroxylation is 1. The predicted molar refractivity (Wildman–Crippen MR) is 187 cm³/mol. The Labute approximate surface area is 301 Å². The van der Waals surface area contributed by atoms with Crippen LogP contribution in [0.4, 0.5) is 23.4 Å². The van der Waals surface area contributed by atoms with Crippen LogP contribution in [-0.2, 0) is 23.1 Å². The van der Waals surface area contributed by atoms with Crippen molar-refractivity contribution in [3.8, 4) is 34.2 Å². The predicted octanol–water partition coefficient (Wildman–Crippen LogP) is 6.25. The van der Waals surface area contributed by atoms with Gasteiger partial charge in [0, 0.05) is 77.9 Å². The number of aromatic nitrogens is 5. The van der Waals surface area contributed by atoms with E-state index in [1.165, 1.54) is 42.6 Å². The molecule has 270 valence electrons. The van der Waals surface area contributed by atoms with Crippen molar-refractivity contribution in [3.05, 3.63) is 108 Å². The van der Waals surface area contributed by atoms with Crippen molar-refractivity contribution < 1.29 is 31.1 Å². The highest BCUT2D eigenvalue weighted by molar-refractivity contribution is 7.90. The van der Waals surface area contributed by atoms with Crippen LogP contribution in [0.25, 0.3) is 33.4 Å². The third-order valence-electron chi connectivity index (χ3n) is 9.84. The number of phenols is 1. The molecular formula is C37H30F4N8O3S. The first-order valence-electron chi connectivity index (χ1n) is 16.6. The highest BCUT2D eigenvalue weighted by Crippen LogP contribution is 2.40. The monoisotopic (exact) mass is 742 g/mol. The molecule has 0 amide bonds. The molecule has 4 aromatic heterocycles. The molecule has 2 atom stereocenters. The normalized spacial score (nSPS) is 17.5. The summed E-state index contributed by atoms with van der Waals surface area (Å²) in [4.78, 5) is 13.4. The van der Waals surface area contributed by atoms with Gasteiger partial charge in [-0.1, -0.05) is 17.7 Å². The number of anilines is 1. The number of hydrogen-bond donors (Lipinski definition) is 1. The largest absolute Gasteiger partial charge is 0.508 e. The van der Waals surface area contributed by atoms with Crippen LogP contribution in [0.2, 0.25) is 0 Å². The summed E-state index contributed by atoms with van der Waals surface area (Å²) in [6, 6.07) is 17.7. The highest BCUT2D eigenvalue weighted by atomic mass is 32.2. The molecule has 3 aliphatic rings. The van der Waals surface area contributed by atoms with Gasteiger partial charge < -0.3 is 10.0 Å². The lowest BCUT2D eigenvalue weighted by Crippen LogP contribution is -2.68. The van der Waals surface area contributed by atoms with Gasteiger partial charge in [0.05, 0.1) is 22.3 Å². The van der Waals surface area contributed by atoms with Gasteiger partial charge in [-0.2, -0.15) is 23.5 Å². The molecule has 6 aromatic rings. The summed E-state index contributed by atoms with van der Waals surface area (Å²) in [5.41, 5.74) is 2.47. The Kier molecular flexibility index (Phi) is 8.23. The molecule has 1 N–H and O–H groups in total. The molecule has 7 heterocycles. The number of piperazine rings is 1. The highest BCUT2D eigenvalue weighted by Gasteiger charge is 2.45. The van der Waals surface area contributed by atoms with Crippen molar-refractivity contribution in [3.63, 3.8) is 0 Å². The number of fused-ring (bicyclic) bond motifs is 3. The van der Waals surface area contributed by atoms with Crippen LogP contribution in [0.1, 0.15) is 23.1 Å². The van der Waals surface area contributed by atoms with Crippen LogP contribution in [0.15, 0.2) is 90.3 Å². The first-order chi connectivity index (χ1) is 25.3. The number of nitrogens with zero attached hydrogens (tertiary/aromatic N) is 8. The van der Waals surface area contributed by atoms with Crippen molar-refractivity contribution in [1.82, 2.24) is 28.6 Å². The van der Waals surface area contributed by atoms with Crippen molar-refractivity contribution in [2.45, 2.75) is 49.6 Å². The molecule has 0 aliphatic carbocycles. The smallest absolute Gasteiger partial charge is 0.408 e. The molecule has 0 spiro atoms.